The number of nitrogens with zero attached hydrogens (tertiary/aromatic N) is 1. The monoisotopic (exact) mass is 314 g/mol. The molecule has 0 aliphatic carbocycles. The molecule has 0 fully saturated rings. The van der Waals surface area contributed by atoms with Crippen LogP contribution >= 0.6 is 15.9 Å². The highest BCUT2D eigenvalue weighted by atomic mass is 79.9. The number of rotatable bonds is 7. The largest absolute Gasteiger partial charge is 0.312 e. The molecule has 0 unspecified atom stereocenters. The van der Waals surface area contributed by atoms with Gasteiger partial charge in [-0.2, -0.15) is 0 Å². The molecule has 0 radical (unpaired) electrons. The van der Waals surface area contributed by atoms with Gasteiger partial charge in [-0.15, -0.1) is 0 Å². The van der Waals surface area contributed by atoms with E-state index in [2.05, 4.69) is 35.1 Å². The third-order valence-corrected chi connectivity index (χ3v) is 3.19. The van der Waals surface area contributed by atoms with Crippen LogP contribution in [-0.4, -0.2) is 11.5 Å². The van der Waals surface area contributed by atoms with Gasteiger partial charge < -0.3 is 5.32 Å². The van der Waals surface area contributed by atoms with Crippen molar-refractivity contribution in [3.8, 4) is 0 Å². The van der Waals surface area contributed by atoms with Crippen molar-refractivity contribution >= 4 is 21.6 Å². The number of nitro groups is 1. The minimum absolute atomic E-state index is 0.167. The minimum Gasteiger partial charge on any atom is -0.312 e. The Hall–Kier alpha value is -0.940. The quantitative estimate of drug-likeness (QED) is 0.472. The predicted molar refractivity (Wildman–Crippen MR) is 76.6 cm³/mol. The van der Waals surface area contributed by atoms with E-state index in [1.807, 2.05) is 6.07 Å². The Kier molecular flexibility index (Phi) is 6.29. The van der Waals surface area contributed by atoms with Gasteiger partial charge in [-0.3, -0.25) is 10.1 Å². The van der Waals surface area contributed by atoms with Crippen molar-refractivity contribution in [1.29, 1.82) is 0 Å². The first-order chi connectivity index (χ1) is 8.50. The van der Waals surface area contributed by atoms with Crippen LogP contribution < -0.4 is 5.32 Å². The van der Waals surface area contributed by atoms with Gasteiger partial charge in [-0.1, -0.05) is 29.8 Å². The van der Waals surface area contributed by atoms with Gasteiger partial charge in [0.25, 0.3) is 5.69 Å². The van der Waals surface area contributed by atoms with E-state index in [-0.39, 0.29) is 10.6 Å². The maximum absolute atomic E-state index is 10.9. The Labute approximate surface area is 116 Å². The summed E-state index contributed by atoms with van der Waals surface area (Å²) in [4.78, 5) is 10.6. The van der Waals surface area contributed by atoms with E-state index in [0.29, 0.717) is 12.5 Å². The van der Waals surface area contributed by atoms with Crippen LogP contribution in [0.3, 0.4) is 0 Å². The van der Waals surface area contributed by atoms with E-state index < -0.39 is 0 Å². The topological polar surface area (TPSA) is 55.2 Å². The molecule has 100 valence electrons. The molecule has 0 saturated carbocycles. The molecule has 0 bridgehead atoms. The maximum atomic E-state index is 10.9. The first-order valence-electron chi connectivity index (χ1n) is 6.14. The van der Waals surface area contributed by atoms with E-state index >= 15 is 0 Å². The highest BCUT2D eigenvalue weighted by molar-refractivity contribution is 9.10. The third-order valence-electron chi connectivity index (χ3n) is 2.69. The lowest BCUT2D eigenvalue weighted by molar-refractivity contribution is -0.385. The average Bonchev–Trinajstić information content (AvgIpc) is 2.29. The molecule has 0 aromatic heterocycles. The maximum Gasteiger partial charge on any atom is 0.275 e. The van der Waals surface area contributed by atoms with Gasteiger partial charge >= 0.3 is 0 Å². The Balaban J connectivity index is 2.49. The molecule has 0 atom stereocenters. The van der Waals surface area contributed by atoms with Crippen LogP contribution in [-0.2, 0) is 6.54 Å². The second kappa shape index (κ2) is 7.48. The van der Waals surface area contributed by atoms with Crippen molar-refractivity contribution in [2.75, 3.05) is 6.54 Å². The first kappa shape index (κ1) is 15.1. The van der Waals surface area contributed by atoms with Gasteiger partial charge in [0.2, 0.25) is 0 Å². The number of nitro benzene ring substituents is 1. The second-order valence-electron chi connectivity index (χ2n) is 4.74. The molecule has 1 aromatic rings. The fourth-order valence-corrected chi connectivity index (χ4v) is 2.06. The molecule has 0 aliphatic heterocycles. The fraction of sp³-hybridized carbons (Fsp3) is 0.538. The van der Waals surface area contributed by atoms with Crippen molar-refractivity contribution in [1.82, 2.24) is 5.32 Å². The lowest BCUT2D eigenvalue weighted by atomic mass is 10.1. The van der Waals surface area contributed by atoms with E-state index in [0.717, 1.165) is 23.0 Å². The summed E-state index contributed by atoms with van der Waals surface area (Å²) in [5.41, 5.74) is 0.897. The Morgan fingerprint density at radius 1 is 1.44 bits per heavy atom. The number of benzene rings is 1. The Morgan fingerprint density at radius 3 is 2.78 bits per heavy atom. The van der Waals surface area contributed by atoms with E-state index in [9.17, 15) is 10.1 Å². The van der Waals surface area contributed by atoms with Crippen molar-refractivity contribution < 1.29 is 4.92 Å². The number of nitrogens with one attached hydrogen (secondary N) is 1. The molecular weight excluding hydrogens is 296 g/mol. The van der Waals surface area contributed by atoms with Crippen molar-refractivity contribution in [2.45, 2.75) is 33.2 Å². The van der Waals surface area contributed by atoms with Gasteiger partial charge in [0, 0.05) is 22.6 Å². The van der Waals surface area contributed by atoms with Crippen molar-refractivity contribution in [2.24, 2.45) is 5.92 Å². The molecule has 0 heterocycles. The highest BCUT2D eigenvalue weighted by Gasteiger charge is 2.13. The van der Waals surface area contributed by atoms with E-state index in [1.165, 1.54) is 6.42 Å². The van der Waals surface area contributed by atoms with Gasteiger partial charge in [0.15, 0.2) is 0 Å². The zero-order valence-electron chi connectivity index (χ0n) is 10.8. The van der Waals surface area contributed by atoms with Crippen molar-refractivity contribution in [3.05, 3.63) is 38.3 Å². The third kappa shape index (κ3) is 5.14. The van der Waals surface area contributed by atoms with Gasteiger partial charge in [-0.05, 0) is 37.4 Å². The summed E-state index contributed by atoms with van der Waals surface area (Å²) < 4.78 is 0.734. The summed E-state index contributed by atoms with van der Waals surface area (Å²) in [5.74, 6) is 0.703. The Morgan fingerprint density at radius 2 is 2.17 bits per heavy atom. The van der Waals surface area contributed by atoms with Gasteiger partial charge in [0.05, 0.1) is 4.92 Å². The molecule has 0 saturated heterocycles. The second-order valence-corrected chi connectivity index (χ2v) is 5.66. The smallest absolute Gasteiger partial charge is 0.275 e. The van der Waals surface area contributed by atoms with Crippen LogP contribution in [0.15, 0.2) is 22.7 Å². The summed E-state index contributed by atoms with van der Waals surface area (Å²) in [5, 5.41) is 14.2. The molecule has 18 heavy (non-hydrogen) atoms. The molecule has 0 aliphatic rings. The molecule has 1 rings (SSSR count). The zero-order valence-corrected chi connectivity index (χ0v) is 12.4. The minimum atomic E-state index is -0.337. The van der Waals surface area contributed by atoms with Crippen LogP contribution in [0.25, 0.3) is 0 Å². The molecule has 1 aromatic carbocycles. The fourth-order valence-electron chi connectivity index (χ4n) is 1.71. The molecule has 0 amide bonds. The van der Waals surface area contributed by atoms with Crippen LogP contribution in [0.4, 0.5) is 5.69 Å². The lowest BCUT2D eigenvalue weighted by Crippen LogP contribution is -2.16. The predicted octanol–water partition coefficient (Wildman–Crippen LogP) is 3.88. The summed E-state index contributed by atoms with van der Waals surface area (Å²) in [6.07, 6.45) is 2.28. The lowest BCUT2D eigenvalue weighted by Gasteiger charge is -2.07. The van der Waals surface area contributed by atoms with Crippen LogP contribution in [0, 0.1) is 16.0 Å². The normalized spacial score (nSPS) is 10.9. The SMILES string of the molecule is CC(C)CCCNCc1ccc(Br)cc1[N+](=O)[O-]. The van der Waals surface area contributed by atoms with E-state index in [1.54, 1.807) is 12.1 Å². The summed E-state index contributed by atoms with van der Waals surface area (Å²) in [7, 11) is 0. The van der Waals surface area contributed by atoms with E-state index in [4.69, 9.17) is 0 Å². The Bertz CT molecular complexity index is 408. The zero-order chi connectivity index (χ0) is 13.5. The van der Waals surface area contributed by atoms with Gasteiger partial charge in [-0.25, -0.2) is 0 Å². The molecule has 4 nitrogen and oxygen atoms in total. The van der Waals surface area contributed by atoms with Crippen molar-refractivity contribution in [3.63, 3.8) is 0 Å². The molecular formula is C13H19BrN2O2. The van der Waals surface area contributed by atoms with Crippen LogP contribution in [0.5, 0.6) is 0 Å². The number of hydrogen-bond acceptors (Lipinski definition) is 3. The summed E-state index contributed by atoms with van der Waals surface area (Å²) >= 11 is 3.25. The number of hydrogen-bond donors (Lipinski definition) is 1. The molecule has 5 heteroatoms. The highest BCUT2D eigenvalue weighted by Crippen LogP contribution is 2.23. The summed E-state index contributed by atoms with van der Waals surface area (Å²) in [6, 6.07) is 5.17. The average molecular weight is 315 g/mol. The van der Waals surface area contributed by atoms with Crippen LogP contribution in [0.1, 0.15) is 32.3 Å². The molecule has 1 N–H and O–H groups in total. The van der Waals surface area contributed by atoms with Crippen LogP contribution in [0.2, 0.25) is 0 Å². The van der Waals surface area contributed by atoms with Gasteiger partial charge in [0.1, 0.15) is 0 Å². The number of halogens is 1. The molecule has 0 spiro atoms. The first-order valence-corrected chi connectivity index (χ1v) is 6.93. The summed E-state index contributed by atoms with van der Waals surface area (Å²) in [6.45, 7) is 5.83. The standard InChI is InChI=1S/C13H19BrN2O2/c1-10(2)4-3-7-15-9-11-5-6-12(14)8-13(11)16(17)18/h5-6,8,10,15H,3-4,7,9H2,1-2H3.